The molecule has 5 heteroatoms. The Balaban J connectivity index is 1.81. The molecular formula is C17H21N3O2. The molecule has 2 heterocycles. The van der Waals surface area contributed by atoms with Crippen LogP contribution < -0.4 is 4.74 Å². The van der Waals surface area contributed by atoms with Crippen molar-refractivity contribution in [3.05, 3.63) is 36.3 Å². The van der Waals surface area contributed by atoms with Crippen LogP contribution in [0.2, 0.25) is 0 Å². The van der Waals surface area contributed by atoms with Crippen LogP contribution >= 0.6 is 0 Å². The van der Waals surface area contributed by atoms with Gasteiger partial charge >= 0.3 is 0 Å². The molecule has 1 aliphatic rings. The molecule has 0 saturated carbocycles. The van der Waals surface area contributed by atoms with Gasteiger partial charge < -0.3 is 14.6 Å². The first-order valence-corrected chi connectivity index (χ1v) is 7.57. The fourth-order valence-corrected chi connectivity index (χ4v) is 2.90. The Morgan fingerprint density at radius 2 is 2.23 bits per heavy atom. The predicted octanol–water partition coefficient (Wildman–Crippen LogP) is 2.81. The molecule has 0 aliphatic carbocycles. The van der Waals surface area contributed by atoms with E-state index in [2.05, 4.69) is 9.97 Å². The summed E-state index contributed by atoms with van der Waals surface area (Å²) in [7, 11) is 1.65. The number of ether oxygens (including phenoxy) is 1. The minimum atomic E-state index is 0.147. The van der Waals surface area contributed by atoms with Crippen LogP contribution in [0.3, 0.4) is 0 Å². The number of carbonyl (C=O) groups excluding carboxylic acids is 1. The molecule has 1 amide bonds. The van der Waals surface area contributed by atoms with E-state index in [1.54, 1.807) is 7.11 Å². The molecular weight excluding hydrogens is 278 g/mol. The van der Waals surface area contributed by atoms with Gasteiger partial charge in [-0.3, -0.25) is 4.79 Å². The van der Waals surface area contributed by atoms with Crippen LogP contribution in [0.15, 0.2) is 30.5 Å². The van der Waals surface area contributed by atoms with Gasteiger partial charge in [-0.15, -0.1) is 0 Å². The molecule has 116 valence electrons. The summed E-state index contributed by atoms with van der Waals surface area (Å²) >= 11 is 0. The molecule has 1 aliphatic heterocycles. The molecule has 1 saturated heterocycles. The first-order valence-electron chi connectivity index (χ1n) is 7.57. The number of likely N-dealkylation sites (tertiary alicyclic amines) is 1. The number of carbonyl (C=O) groups is 1. The number of amides is 1. The number of hydrogen-bond donors (Lipinski definition) is 1. The van der Waals surface area contributed by atoms with Crippen LogP contribution in [0, 0.1) is 0 Å². The second-order valence-electron chi connectivity index (χ2n) is 5.95. The van der Waals surface area contributed by atoms with Gasteiger partial charge in [-0.05, 0) is 26.0 Å². The van der Waals surface area contributed by atoms with Crippen LogP contribution in [0.1, 0.15) is 32.0 Å². The molecule has 0 unspecified atom stereocenters. The first kappa shape index (κ1) is 14.6. The average Bonchev–Trinajstić information content (AvgIpc) is 3.13. The standard InChI is InChI=1S/C17H21N3O2/c1-11(2)20-10-13(8-16(20)21)17-18-9-15(19-17)12-5-4-6-14(7-12)22-3/h4-7,9,11,13H,8,10H2,1-3H3,(H,18,19)/t13-/m0/s1. The number of aromatic amines is 1. The maximum atomic E-state index is 12.0. The lowest BCUT2D eigenvalue weighted by molar-refractivity contribution is -0.129. The Morgan fingerprint density at radius 1 is 1.41 bits per heavy atom. The average molecular weight is 299 g/mol. The second kappa shape index (κ2) is 5.83. The number of methoxy groups -OCH3 is 1. The number of benzene rings is 1. The van der Waals surface area contributed by atoms with Gasteiger partial charge in [-0.25, -0.2) is 4.98 Å². The lowest BCUT2D eigenvalue weighted by Gasteiger charge is -2.20. The van der Waals surface area contributed by atoms with Crippen molar-refractivity contribution < 1.29 is 9.53 Å². The molecule has 1 N–H and O–H groups in total. The zero-order valence-corrected chi connectivity index (χ0v) is 13.2. The van der Waals surface area contributed by atoms with E-state index in [1.165, 1.54) is 0 Å². The zero-order chi connectivity index (χ0) is 15.7. The highest BCUT2D eigenvalue weighted by molar-refractivity contribution is 5.79. The van der Waals surface area contributed by atoms with E-state index in [-0.39, 0.29) is 17.9 Å². The summed E-state index contributed by atoms with van der Waals surface area (Å²) in [6.07, 6.45) is 2.36. The Kier molecular flexibility index (Phi) is 3.88. The van der Waals surface area contributed by atoms with Crippen molar-refractivity contribution >= 4 is 5.91 Å². The molecule has 0 radical (unpaired) electrons. The van der Waals surface area contributed by atoms with Gasteiger partial charge in [0.25, 0.3) is 0 Å². The van der Waals surface area contributed by atoms with E-state index >= 15 is 0 Å². The largest absolute Gasteiger partial charge is 0.497 e. The summed E-state index contributed by atoms with van der Waals surface area (Å²) in [5.41, 5.74) is 1.98. The molecule has 1 atom stereocenters. The Bertz CT molecular complexity index is 678. The molecule has 1 aromatic carbocycles. The van der Waals surface area contributed by atoms with Crippen molar-refractivity contribution in [2.75, 3.05) is 13.7 Å². The molecule has 3 rings (SSSR count). The summed E-state index contributed by atoms with van der Waals surface area (Å²) in [5.74, 6) is 2.05. The maximum absolute atomic E-state index is 12.0. The number of imidazole rings is 1. The van der Waals surface area contributed by atoms with Gasteiger partial charge in [0.2, 0.25) is 5.91 Å². The van der Waals surface area contributed by atoms with Crippen LogP contribution in [0.4, 0.5) is 0 Å². The minimum absolute atomic E-state index is 0.147. The first-order chi connectivity index (χ1) is 10.6. The van der Waals surface area contributed by atoms with Gasteiger partial charge in [0.15, 0.2) is 0 Å². The number of aromatic nitrogens is 2. The smallest absolute Gasteiger partial charge is 0.223 e. The molecule has 2 aromatic rings. The molecule has 1 fully saturated rings. The zero-order valence-electron chi connectivity index (χ0n) is 13.2. The number of rotatable bonds is 4. The summed E-state index contributed by atoms with van der Waals surface area (Å²) in [5, 5.41) is 0. The normalized spacial score (nSPS) is 18.3. The Labute approximate surface area is 130 Å². The SMILES string of the molecule is COc1cccc(-c2cnc([C@H]3CC(=O)N(C(C)C)C3)[nH]2)c1. The van der Waals surface area contributed by atoms with Crippen molar-refractivity contribution in [2.45, 2.75) is 32.2 Å². The quantitative estimate of drug-likeness (QED) is 0.944. The number of nitrogens with zero attached hydrogens (tertiary/aromatic N) is 2. The van der Waals surface area contributed by atoms with E-state index in [0.29, 0.717) is 6.42 Å². The van der Waals surface area contributed by atoms with Gasteiger partial charge in [0.05, 0.1) is 19.0 Å². The third-order valence-electron chi connectivity index (χ3n) is 4.14. The summed E-state index contributed by atoms with van der Waals surface area (Å²) in [4.78, 5) is 21.8. The minimum Gasteiger partial charge on any atom is -0.497 e. The fourth-order valence-electron chi connectivity index (χ4n) is 2.90. The maximum Gasteiger partial charge on any atom is 0.223 e. The number of nitrogens with one attached hydrogen (secondary N) is 1. The molecule has 5 nitrogen and oxygen atoms in total. The van der Waals surface area contributed by atoms with Gasteiger partial charge in [-0.2, -0.15) is 0 Å². The fraction of sp³-hybridized carbons (Fsp3) is 0.412. The second-order valence-corrected chi connectivity index (χ2v) is 5.95. The Hall–Kier alpha value is -2.30. The molecule has 0 spiro atoms. The lowest BCUT2D eigenvalue weighted by Crippen LogP contribution is -2.31. The number of hydrogen-bond acceptors (Lipinski definition) is 3. The Morgan fingerprint density at radius 3 is 2.91 bits per heavy atom. The molecule has 1 aromatic heterocycles. The summed E-state index contributed by atoms with van der Waals surface area (Å²) in [6.45, 7) is 4.83. The highest BCUT2D eigenvalue weighted by Gasteiger charge is 2.33. The van der Waals surface area contributed by atoms with E-state index in [4.69, 9.17) is 4.74 Å². The summed E-state index contributed by atoms with van der Waals surface area (Å²) < 4.78 is 5.25. The van der Waals surface area contributed by atoms with Crippen molar-refractivity contribution in [1.29, 1.82) is 0 Å². The highest BCUT2D eigenvalue weighted by atomic mass is 16.5. The van der Waals surface area contributed by atoms with Crippen LogP contribution in [0.5, 0.6) is 5.75 Å². The third kappa shape index (κ3) is 2.71. The lowest BCUT2D eigenvalue weighted by atomic mass is 10.1. The van der Waals surface area contributed by atoms with Gasteiger partial charge in [0.1, 0.15) is 11.6 Å². The van der Waals surface area contributed by atoms with E-state index in [0.717, 1.165) is 29.4 Å². The monoisotopic (exact) mass is 299 g/mol. The van der Waals surface area contributed by atoms with Crippen LogP contribution in [-0.4, -0.2) is 40.5 Å². The summed E-state index contributed by atoms with van der Waals surface area (Å²) in [6, 6.07) is 8.09. The molecule has 22 heavy (non-hydrogen) atoms. The topological polar surface area (TPSA) is 58.2 Å². The number of H-pyrrole nitrogens is 1. The van der Waals surface area contributed by atoms with E-state index < -0.39 is 0 Å². The van der Waals surface area contributed by atoms with Crippen LogP contribution in [-0.2, 0) is 4.79 Å². The van der Waals surface area contributed by atoms with Crippen molar-refractivity contribution in [3.8, 4) is 17.0 Å². The predicted molar refractivity (Wildman–Crippen MR) is 84.8 cm³/mol. The van der Waals surface area contributed by atoms with Gasteiger partial charge in [0, 0.05) is 30.5 Å². The van der Waals surface area contributed by atoms with Crippen molar-refractivity contribution in [2.24, 2.45) is 0 Å². The van der Waals surface area contributed by atoms with Crippen molar-refractivity contribution in [3.63, 3.8) is 0 Å². The third-order valence-corrected chi connectivity index (χ3v) is 4.14. The van der Waals surface area contributed by atoms with Gasteiger partial charge in [-0.1, -0.05) is 12.1 Å². The van der Waals surface area contributed by atoms with Crippen LogP contribution in [0.25, 0.3) is 11.3 Å². The highest BCUT2D eigenvalue weighted by Crippen LogP contribution is 2.30. The van der Waals surface area contributed by atoms with E-state index in [9.17, 15) is 4.79 Å². The van der Waals surface area contributed by atoms with E-state index in [1.807, 2.05) is 49.2 Å². The van der Waals surface area contributed by atoms with Crippen molar-refractivity contribution in [1.82, 2.24) is 14.9 Å². The molecule has 0 bridgehead atoms.